The second-order valence-electron chi connectivity index (χ2n) is 4.14. The quantitative estimate of drug-likeness (QED) is 0.538. The Kier molecular flexibility index (Phi) is 2.03. The molecule has 2 unspecified atom stereocenters. The van der Waals surface area contributed by atoms with Crippen LogP contribution < -0.4 is 0 Å². The molecule has 1 nitrogen and oxygen atoms in total. The smallest absolute Gasteiger partial charge is 0.158 e. The van der Waals surface area contributed by atoms with Crippen molar-refractivity contribution in [3.63, 3.8) is 0 Å². The van der Waals surface area contributed by atoms with Crippen LogP contribution in [-0.2, 0) is 4.79 Å². The number of hydrogen-bond donors (Lipinski definition) is 0. The Labute approximate surface area is 73.8 Å². The monoisotopic (exact) mass is 164 g/mol. The summed E-state index contributed by atoms with van der Waals surface area (Å²) in [7, 11) is 0. The second kappa shape index (κ2) is 3.04. The highest BCUT2D eigenvalue weighted by Gasteiger charge is 2.31. The van der Waals surface area contributed by atoms with Gasteiger partial charge in [-0.05, 0) is 43.1 Å². The van der Waals surface area contributed by atoms with Gasteiger partial charge in [-0.1, -0.05) is 13.0 Å². The molecule has 2 aliphatic carbocycles. The first kappa shape index (κ1) is 8.03. The molecule has 0 aromatic rings. The highest BCUT2D eigenvalue weighted by molar-refractivity contribution is 5.96. The average molecular weight is 164 g/mol. The summed E-state index contributed by atoms with van der Waals surface area (Å²) in [4.78, 5) is 11.5. The summed E-state index contributed by atoms with van der Waals surface area (Å²) in [6.07, 6.45) is 7.76. The molecule has 0 radical (unpaired) electrons. The predicted octanol–water partition coefficient (Wildman–Crippen LogP) is 2.71. The predicted molar refractivity (Wildman–Crippen MR) is 48.8 cm³/mol. The molecule has 2 aliphatic rings. The zero-order valence-corrected chi connectivity index (χ0v) is 7.68. The van der Waals surface area contributed by atoms with E-state index in [4.69, 9.17) is 0 Å². The number of carbonyl (C=O) groups excluding carboxylic acids is 1. The molecule has 2 atom stereocenters. The first-order chi connectivity index (χ1) is 5.79. The molecule has 1 saturated carbocycles. The summed E-state index contributed by atoms with van der Waals surface area (Å²) in [5, 5.41) is 0. The molecule has 12 heavy (non-hydrogen) atoms. The van der Waals surface area contributed by atoms with Crippen molar-refractivity contribution in [2.45, 2.75) is 39.0 Å². The van der Waals surface area contributed by atoms with Crippen LogP contribution in [0.1, 0.15) is 39.0 Å². The second-order valence-corrected chi connectivity index (χ2v) is 4.14. The molecule has 0 aromatic heterocycles. The van der Waals surface area contributed by atoms with Crippen LogP contribution in [-0.4, -0.2) is 5.78 Å². The fourth-order valence-corrected chi connectivity index (χ4v) is 2.52. The van der Waals surface area contributed by atoms with Crippen molar-refractivity contribution >= 4 is 5.78 Å². The SMILES string of the molecule is CC1CCC(=O)C2=CCCCC21. The van der Waals surface area contributed by atoms with E-state index in [2.05, 4.69) is 13.0 Å². The maximum Gasteiger partial charge on any atom is 0.158 e. The molecule has 0 bridgehead atoms. The first-order valence-electron chi connectivity index (χ1n) is 5.02. The molecule has 2 rings (SSSR count). The van der Waals surface area contributed by atoms with Crippen molar-refractivity contribution in [3.8, 4) is 0 Å². The van der Waals surface area contributed by atoms with Crippen LogP contribution in [0.5, 0.6) is 0 Å². The summed E-state index contributed by atoms with van der Waals surface area (Å²) < 4.78 is 0. The Hall–Kier alpha value is -0.590. The number of carbonyl (C=O) groups is 1. The Morgan fingerprint density at radius 2 is 2.25 bits per heavy atom. The summed E-state index contributed by atoms with van der Waals surface area (Å²) in [6.45, 7) is 2.29. The van der Waals surface area contributed by atoms with E-state index in [0.29, 0.717) is 11.7 Å². The van der Waals surface area contributed by atoms with Gasteiger partial charge in [0.25, 0.3) is 0 Å². The van der Waals surface area contributed by atoms with E-state index in [1.807, 2.05) is 0 Å². The lowest BCUT2D eigenvalue weighted by Crippen LogP contribution is -2.27. The van der Waals surface area contributed by atoms with Crippen LogP contribution in [0.2, 0.25) is 0 Å². The van der Waals surface area contributed by atoms with Crippen LogP contribution in [0.3, 0.4) is 0 Å². The first-order valence-corrected chi connectivity index (χ1v) is 5.02. The number of ketones is 1. The third kappa shape index (κ3) is 1.21. The van der Waals surface area contributed by atoms with Crippen molar-refractivity contribution in [1.82, 2.24) is 0 Å². The number of hydrogen-bond acceptors (Lipinski definition) is 1. The topological polar surface area (TPSA) is 17.1 Å². The van der Waals surface area contributed by atoms with Crippen LogP contribution in [0.4, 0.5) is 0 Å². The lowest BCUT2D eigenvalue weighted by atomic mass is 9.71. The van der Waals surface area contributed by atoms with Gasteiger partial charge in [-0.2, -0.15) is 0 Å². The highest BCUT2D eigenvalue weighted by atomic mass is 16.1. The molecule has 0 spiro atoms. The van der Waals surface area contributed by atoms with E-state index < -0.39 is 0 Å². The lowest BCUT2D eigenvalue weighted by Gasteiger charge is -2.33. The van der Waals surface area contributed by atoms with Gasteiger partial charge in [-0.25, -0.2) is 0 Å². The zero-order valence-electron chi connectivity index (χ0n) is 7.68. The largest absolute Gasteiger partial charge is 0.295 e. The third-order valence-corrected chi connectivity index (χ3v) is 3.32. The van der Waals surface area contributed by atoms with Gasteiger partial charge in [0, 0.05) is 6.42 Å². The fraction of sp³-hybridized carbons (Fsp3) is 0.727. The minimum absolute atomic E-state index is 0.429. The van der Waals surface area contributed by atoms with Crippen LogP contribution in [0, 0.1) is 11.8 Å². The molecule has 66 valence electrons. The lowest BCUT2D eigenvalue weighted by molar-refractivity contribution is -0.118. The van der Waals surface area contributed by atoms with Gasteiger partial charge in [0.15, 0.2) is 5.78 Å². The standard InChI is InChI=1S/C11H16O/c1-8-6-7-11(12)10-5-3-2-4-9(8)10/h5,8-9H,2-4,6-7H2,1H3. The maximum absolute atomic E-state index is 11.5. The number of rotatable bonds is 0. The third-order valence-electron chi connectivity index (χ3n) is 3.32. The van der Waals surface area contributed by atoms with Gasteiger partial charge in [0.05, 0.1) is 0 Å². The molecule has 0 heterocycles. The van der Waals surface area contributed by atoms with Crippen molar-refractivity contribution in [1.29, 1.82) is 0 Å². The molecule has 0 aromatic carbocycles. The zero-order chi connectivity index (χ0) is 8.55. The summed E-state index contributed by atoms with van der Waals surface area (Å²) >= 11 is 0. The number of Topliss-reactive ketones (excluding diaryl/α,β-unsaturated/α-hetero) is 1. The Morgan fingerprint density at radius 1 is 1.42 bits per heavy atom. The maximum atomic E-state index is 11.5. The van der Waals surface area contributed by atoms with Gasteiger partial charge < -0.3 is 0 Å². The molecule has 1 fully saturated rings. The van der Waals surface area contributed by atoms with Crippen LogP contribution in [0.15, 0.2) is 11.6 Å². The van der Waals surface area contributed by atoms with Gasteiger partial charge in [0.1, 0.15) is 0 Å². The van der Waals surface area contributed by atoms with Crippen LogP contribution >= 0.6 is 0 Å². The molecule has 0 N–H and O–H groups in total. The van der Waals surface area contributed by atoms with Crippen molar-refractivity contribution in [2.75, 3.05) is 0 Å². The Morgan fingerprint density at radius 3 is 3.00 bits per heavy atom. The van der Waals surface area contributed by atoms with Crippen molar-refractivity contribution < 1.29 is 4.79 Å². The molecule has 0 aliphatic heterocycles. The minimum Gasteiger partial charge on any atom is -0.295 e. The van der Waals surface area contributed by atoms with E-state index in [0.717, 1.165) is 25.2 Å². The van der Waals surface area contributed by atoms with Crippen molar-refractivity contribution in [3.05, 3.63) is 11.6 Å². The number of allylic oxidation sites excluding steroid dienone is 2. The van der Waals surface area contributed by atoms with E-state index in [-0.39, 0.29) is 0 Å². The van der Waals surface area contributed by atoms with E-state index in [9.17, 15) is 4.79 Å². The Balaban J connectivity index is 2.25. The molecular formula is C11H16O. The number of fused-ring (bicyclic) bond motifs is 1. The summed E-state index contributed by atoms with van der Waals surface area (Å²) in [5.74, 6) is 1.78. The highest BCUT2D eigenvalue weighted by Crippen LogP contribution is 2.38. The molecule has 1 heteroatoms. The normalized spacial score (nSPS) is 35.8. The molecular weight excluding hydrogens is 148 g/mol. The van der Waals surface area contributed by atoms with E-state index in [1.165, 1.54) is 18.4 Å². The minimum atomic E-state index is 0.429. The van der Waals surface area contributed by atoms with Gasteiger partial charge in [-0.3, -0.25) is 4.79 Å². The molecule has 0 saturated heterocycles. The summed E-state index contributed by atoms with van der Waals surface area (Å²) in [5.41, 5.74) is 1.17. The van der Waals surface area contributed by atoms with Gasteiger partial charge in [-0.15, -0.1) is 0 Å². The van der Waals surface area contributed by atoms with Gasteiger partial charge in [0.2, 0.25) is 0 Å². The van der Waals surface area contributed by atoms with Crippen molar-refractivity contribution in [2.24, 2.45) is 11.8 Å². The van der Waals surface area contributed by atoms with Gasteiger partial charge >= 0.3 is 0 Å². The summed E-state index contributed by atoms with van der Waals surface area (Å²) in [6, 6.07) is 0. The van der Waals surface area contributed by atoms with E-state index in [1.54, 1.807) is 0 Å². The Bertz CT molecular complexity index is 227. The van der Waals surface area contributed by atoms with Crippen LogP contribution in [0.25, 0.3) is 0 Å². The fourth-order valence-electron chi connectivity index (χ4n) is 2.52. The molecule has 0 amide bonds. The average Bonchev–Trinajstić information content (AvgIpc) is 2.12. The van der Waals surface area contributed by atoms with E-state index >= 15 is 0 Å².